The van der Waals surface area contributed by atoms with Crippen molar-refractivity contribution in [3.63, 3.8) is 0 Å². The van der Waals surface area contributed by atoms with E-state index >= 15 is 0 Å². The molecule has 0 amide bonds. The Balaban J connectivity index is 1.88. The van der Waals surface area contributed by atoms with Crippen molar-refractivity contribution in [3.05, 3.63) is 78.9 Å². The zero-order chi connectivity index (χ0) is 18.0. The van der Waals surface area contributed by atoms with E-state index in [1.54, 1.807) is 0 Å². The first-order valence-corrected chi connectivity index (χ1v) is 8.92. The third kappa shape index (κ3) is 6.37. The van der Waals surface area contributed by atoms with E-state index in [2.05, 4.69) is 50.9 Å². The van der Waals surface area contributed by atoms with Gasteiger partial charge in [0.05, 0.1) is 20.2 Å². The van der Waals surface area contributed by atoms with Gasteiger partial charge in [0.1, 0.15) is 18.9 Å². The lowest BCUT2D eigenvalue weighted by Gasteiger charge is -2.39. The summed E-state index contributed by atoms with van der Waals surface area (Å²) in [6.07, 6.45) is 3.03. The van der Waals surface area contributed by atoms with E-state index in [-0.39, 0.29) is 6.23 Å². The maximum atomic E-state index is 6.11. The van der Waals surface area contributed by atoms with Crippen LogP contribution in [-0.2, 0) is 11.3 Å². The molecule has 3 heteroatoms. The Bertz CT molecular complexity index is 614. The number of para-hydroxylation sites is 1. The van der Waals surface area contributed by atoms with Gasteiger partial charge in [-0.2, -0.15) is 0 Å². The normalized spacial score (nSPS) is 14.5. The molecule has 2 atom stereocenters. The summed E-state index contributed by atoms with van der Waals surface area (Å²) in [5, 5.41) is 0. The number of hydrogen-bond acceptors (Lipinski definition) is 2. The SMILES string of the molecule is C=CCC[N+](C)(Cc1ccccc1)C(C)OCCOc1ccccc1. The first kappa shape index (κ1) is 19.2. The molecule has 3 nitrogen and oxygen atoms in total. The molecule has 2 aromatic carbocycles. The molecule has 2 unspecified atom stereocenters. The van der Waals surface area contributed by atoms with E-state index in [4.69, 9.17) is 9.47 Å². The van der Waals surface area contributed by atoms with Gasteiger partial charge in [-0.1, -0.05) is 54.6 Å². The molecule has 0 bridgehead atoms. The van der Waals surface area contributed by atoms with Crippen LogP contribution in [0.1, 0.15) is 18.9 Å². The highest BCUT2D eigenvalue weighted by molar-refractivity contribution is 5.20. The third-order valence-corrected chi connectivity index (χ3v) is 4.56. The average Bonchev–Trinajstić information content (AvgIpc) is 2.65. The Hall–Kier alpha value is -2.10. The molecule has 0 heterocycles. The van der Waals surface area contributed by atoms with Gasteiger partial charge in [-0.05, 0) is 12.1 Å². The lowest BCUT2D eigenvalue weighted by Crippen LogP contribution is -2.52. The van der Waals surface area contributed by atoms with Gasteiger partial charge in [0.2, 0.25) is 0 Å². The highest BCUT2D eigenvalue weighted by Gasteiger charge is 2.29. The quantitative estimate of drug-likeness (QED) is 0.256. The highest BCUT2D eigenvalue weighted by atomic mass is 16.5. The van der Waals surface area contributed by atoms with Gasteiger partial charge in [-0.15, -0.1) is 6.58 Å². The van der Waals surface area contributed by atoms with Crippen molar-refractivity contribution >= 4 is 0 Å². The second kappa shape index (κ2) is 10.0. The van der Waals surface area contributed by atoms with Crippen LogP contribution in [0.5, 0.6) is 5.75 Å². The van der Waals surface area contributed by atoms with Crippen molar-refractivity contribution in [2.24, 2.45) is 0 Å². The number of ether oxygens (including phenoxy) is 2. The first-order valence-electron chi connectivity index (χ1n) is 8.92. The molecule has 134 valence electrons. The minimum Gasteiger partial charge on any atom is -0.491 e. The van der Waals surface area contributed by atoms with Crippen LogP contribution in [0, 0.1) is 0 Å². The van der Waals surface area contributed by atoms with Crippen molar-refractivity contribution in [2.45, 2.75) is 26.1 Å². The molecule has 0 fully saturated rings. The van der Waals surface area contributed by atoms with Gasteiger partial charge >= 0.3 is 0 Å². The summed E-state index contributed by atoms with van der Waals surface area (Å²) < 4.78 is 12.7. The summed E-state index contributed by atoms with van der Waals surface area (Å²) in [6.45, 7) is 9.09. The van der Waals surface area contributed by atoms with Crippen molar-refractivity contribution in [1.82, 2.24) is 0 Å². The van der Waals surface area contributed by atoms with Crippen LogP contribution in [0.25, 0.3) is 0 Å². The molecular formula is C22H30NO2+. The molecule has 2 aromatic rings. The first-order chi connectivity index (χ1) is 12.1. The molecular weight excluding hydrogens is 310 g/mol. The molecule has 0 aliphatic carbocycles. The minimum absolute atomic E-state index is 0.0829. The van der Waals surface area contributed by atoms with Gasteiger partial charge in [0.15, 0.2) is 6.23 Å². The van der Waals surface area contributed by atoms with Gasteiger partial charge < -0.3 is 9.47 Å². The second-order valence-electron chi connectivity index (χ2n) is 6.56. The minimum atomic E-state index is 0.0829. The standard InChI is InChI=1S/C22H30NO2/c1-4-5-16-23(3,19-21-12-8-6-9-13-21)20(2)24-17-18-25-22-14-10-7-11-15-22/h4,6-15,20H,1,5,16-19H2,2-3H3/q+1. The monoisotopic (exact) mass is 340 g/mol. The summed E-state index contributed by atoms with van der Waals surface area (Å²) in [5.74, 6) is 0.881. The van der Waals surface area contributed by atoms with Crippen LogP contribution >= 0.6 is 0 Å². The fourth-order valence-corrected chi connectivity index (χ4v) is 2.85. The summed E-state index contributed by atoms with van der Waals surface area (Å²) in [7, 11) is 2.25. The van der Waals surface area contributed by atoms with Crippen LogP contribution in [0.2, 0.25) is 0 Å². The van der Waals surface area contributed by atoms with E-state index in [0.29, 0.717) is 13.2 Å². The molecule has 0 spiro atoms. The zero-order valence-electron chi connectivity index (χ0n) is 15.4. The number of benzene rings is 2. The van der Waals surface area contributed by atoms with E-state index in [1.165, 1.54) is 5.56 Å². The molecule has 0 aliphatic rings. The lowest BCUT2D eigenvalue weighted by molar-refractivity contribution is -0.964. The lowest BCUT2D eigenvalue weighted by atomic mass is 10.1. The smallest absolute Gasteiger partial charge is 0.190 e. The molecule has 0 radical (unpaired) electrons. The van der Waals surface area contributed by atoms with Gasteiger partial charge in [0, 0.05) is 18.9 Å². The summed E-state index contributed by atoms with van der Waals surface area (Å²) in [4.78, 5) is 0. The Morgan fingerprint density at radius 3 is 2.28 bits per heavy atom. The molecule has 2 rings (SSSR count). The van der Waals surface area contributed by atoms with E-state index in [9.17, 15) is 0 Å². The number of rotatable bonds is 11. The molecule has 25 heavy (non-hydrogen) atoms. The van der Waals surface area contributed by atoms with Crippen LogP contribution in [0.15, 0.2) is 73.3 Å². The van der Waals surface area contributed by atoms with Crippen LogP contribution in [0.3, 0.4) is 0 Å². The van der Waals surface area contributed by atoms with Crippen LogP contribution in [0.4, 0.5) is 0 Å². The number of hydrogen-bond donors (Lipinski definition) is 0. The van der Waals surface area contributed by atoms with Gasteiger partial charge in [-0.3, -0.25) is 4.48 Å². The summed E-state index contributed by atoms with van der Waals surface area (Å²) in [5.41, 5.74) is 1.32. The summed E-state index contributed by atoms with van der Waals surface area (Å²) in [6, 6.07) is 20.4. The molecule has 0 saturated heterocycles. The topological polar surface area (TPSA) is 18.5 Å². The number of nitrogens with zero attached hydrogens (tertiary/aromatic N) is 1. The van der Waals surface area contributed by atoms with Crippen molar-refractivity contribution in [1.29, 1.82) is 0 Å². The average molecular weight is 340 g/mol. The van der Waals surface area contributed by atoms with Crippen LogP contribution < -0.4 is 4.74 Å². The van der Waals surface area contributed by atoms with Crippen molar-refractivity contribution < 1.29 is 14.0 Å². The Labute approximate surface area is 152 Å². The predicted octanol–water partition coefficient (Wildman–Crippen LogP) is 4.65. The Morgan fingerprint density at radius 2 is 1.64 bits per heavy atom. The van der Waals surface area contributed by atoms with E-state index in [0.717, 1.165) is 29.7 Å². The fourth-order valence-electron chi connectivity index (χ4n) is 2.85. The largest absolute Gasteiger partial charge is 0.491 e. The maximum absolute atomic E-state index is 6.11. The van der Waals surface area contributed by atoms with Crippen molar-refractivity contribution in [2.75, 3.05) is 26.8 Å². The molecule has 0 saturated carbocycles. The Kier molecular flexibility index (Phi) is 7.71. The van der Waals surface area contributed by atoms with Gasteiger partial charge in [-0.25, -0.2) is 0 Å². The molecule has 0 aromatic heterocycles. The summed E-state index contributed by atoms with van der Waals surface area (Å²) >= 11 is 0. The second-order valence-corrected chi connectivity index (χ2v) is 6.56. The number of quaternary nitrogens is 1. The van der Waals surface area contributed by atoms with Gasteiger partial charge in [0.25, 0.3) is 0 Å². The fraction of sp³-hybridized carbons (Fsp3) is 0.364. The molecule has 0 aliphatic heterocycles. The third-order valence-electron chi connectivity index (χ3n) is 4.56. The molecule has 0 N–H and O–H groups in total. The zero-order valence-corrected chi connectivity index (χ0v) is 15.4. The predicted molar refractivity (Wildman–Crippen MR) is 103 cm³/mol. The Morgan fingerprint density at radius 1 is 1.00 bits per heavy atom. The maximum Gasteiger partial charge on any atom is 0.190 e. The van der Waals surface area contributed by atoms with Crippen molar-refractivity contribution in [3.8, 4) is 5.75 Å². The van der Waals surface area contributed by atoms with Crippen LogP contribution in [-0.4, -0.2) is 37.5 Å². The van der Waals surface area contributed by atoms with E-state index in [1.807, 2.05) is 36.4 Å². The highest BCUT2D eigenvalue weighted by Crippen LogP contribution is 2.19. The van der Waals surface area contributed by atoms with E-state index < -0.39 is 0 Å².